The van der Waals surface area contributed by atoms with Crippen molar-refractivity contribution in [2.75, 3.05) is 7.05 Å². The summed E-state index contributed by atoms with van der Waals surface area (Å²) in [6.45, 7) is 4.48. The summed E-state index contributed by atoms with van der Waals surface area (Å²) >= 11 is 0. The Bertz CT molecular complexity index is 333. The Morgan fingerprint density at radius 1 is 1.67 bits per heavy atom. The molecule has 84 valence electrons. The number of carbonyl (C=O) groups is 1. The average Bonchev–Trinajstić information content (AvgIpc) is 2.64. The maximum atomic E-state index is 11.7. The van der Waals surface area contributed by atoms with E-state index in [9.17, 15) is 4.79 Å². The molecule has 0 bridgehead atoms. The zero-order valence-electron chi connectivity index (χ0n) is 9.34. The van der Waals surface area contributed by atoms with Crippen LogP contribution in [0.2, 0.25) is 0 Å². The number of rotatable bonds is 4. The third-order valence-electron chi connectivity index (χ3n) is 2.26. The molecule has 0 atom stereocenters. The van der Waals surface area contributed by atoms with Gasteiger partial charge >= 0.3 is 0 Å². The van der Waals surface area contributed by atoms with Gasteiger partial charge in [0.15, 0.2) is 0 Å². The van der Waals surface area contributed by atoms with Crippen LogP contribution < -0.4 is 5.73 Å². The standard InChI is InChI=1S/C9H17N5O/c1-7(2)13(3)9(15)6-14-5-8(4-10)11-12-14/h5,7H,4,6,10H2,1-3H3. The normalized spacial score (nSPS) is 10.7. The van der Waals surface area contributed by atoms with Crippen LogP contribution in [0, 0.1) is 0 Å². The molecule has 0 spiro atoms. The second kappa shape index (κ2) is 4.88. The maximum Gasteiger partial charge on any atom is 0.244 e. The Morgan fingerprint density at radius 2 is 2.33 bits per heavy atom. The van der Waals surface area contributed by atoms with Crippen molar-refractivity contribution in [3.8, 4) is 0 Å². The quantitative estimate of drug-likeness (QED) is 0.735. The van der Waals surface area contributed by atoms with Gasteiger partial charge in [0.25, 0.3) is 0 Å². The van der Waals surface area contributed by atoms with Crippen LogP contribution in [0.3, 0.4) is 0 Å². The topological polar surface area (TPSA) is 77.0 Å². The van der Waals surface area contributed by atoms with E-state index in [4.69, 9.17) is 5.73 Å². The second-order valence-corrected chi connectivity index (χ2v) is 3.71. The van der Waals surface area contributed by atoms with Crippen LogP contribution in [0.5, 0.6) is 0 Å². The van der Waals surface area contributed by atoms with Crippen LogP contribution in [-0.4, -0.2) is 38.9 Å². The first kappa shape index (κ1) is 11.6. The Hall–Kier alpha value is -1.43. The number of hydrogen-bond acceptors (Lipinski definition) is 4. The van der Waals surface area contributed by atoms with Crippen molar-refractivity contribution in [3.05, 3.63) is 11.9 Å². The van der Waals surface area contributed by atoms with Gasteiger partial charge in [0.05, 0.1) is 11.9 Å². The lowest BCUT2D eigenvalue weighted by molar-refractivity contribution is -0.132. The molecule has 1 amide bonds. The lowest BCUT2D eigenvalue weighted by atomic mass is 10.3. The third kappa shape index (κ3) is 3.02. The molecule has 1 rings (SSSR count). The average molecular weight is 211 g/mol. The van der Waals surface area contributed by atoms with E-state index in [1.54, 1.807) is 18.1 Å². The molecule has 6 nitrogen and oxygen atoms in total. The van der Waals surface area contributed by atoms with E-state index in [1.165, 1.54) is 4.68 Å². The highest BCUT2D eigenvalue weighted by Gasteiger charge is 2.12. The van der Waals surface area contributed by atoms with Gasteiger partial charge in [0, 0.05) is 19.6 Å². The molecule has 0 radical (unpaired) electrons. The van der Waals surface area contributed by atoms with Gasteiger partial charge in [-0.05, 0) is 13.8 Å². The summed E-state index contributed by atoms with van der Waals surface area (Å²) < 4.78 is 1.50. The van der Waals surface area contributed by atoms with Crippen molar-refractivity contribution >= 4 is 5.91 Å². The van der Waals surface area contributed by atoms with E-state index >= 15 is 0 Å². The summed E-state index contributed by atoms with van der Waals surface area (Å²) in [5.41, 5.74) is 6.08. The molecule has 0 aliphatic carbocycles. The predicted molar refractivity (Wildman–Crippen MR) is 55.8 cm³/mol. The number of hydrogen-bond donors (Lipinski definition) is 1. The smallest absolute Gasteiger partial charge is 0.244 e. The summed E-state index contributed by atoms with van der Waals surface area (Å²) in [6.07, 6.45) is 1.69. The Balaban J connectivity index is 2.58. The van der Waals surface area contributed by atoms with Crippen LogP contribution in [-0.2, 0) is 17.9 Å². The minimum Gasteiger partial charge on any atom is -0.342 e. The molecular formula is C9H17N5O. The van der Waals surface area contributed by atoms with Crippen molar-refractivity contribution in [1.29, 1.82) is 0 Å². The summed E-state index contributed by atoms with van der Waals surface area (Å²) in [5, 5.41) is 7.62. The highest BCUT2D eigenvalue weighted by molar-refractivity contribution is 5.75. The van der Waals surface area contributed by atoms with Crippen LogP contribution in [0.4, 0.5) is 0 Å². The molecule has 1 aromatic rings. The summed E-state index contributed by atoms with van der Waals surface area (Å²) in [4.78, 5) is 13.3. The van der Waals surface area contributed by atoms with Crippen molar-refractivity contribution in [3.63, 3.8) is 0 Å². The fraction of sp³-hybridized carbons (Fsp3) is 0.667. The molecule has 1 aromatic heterocycles. The zero-order chi connectivity index (χ0) is 11.4. The van der Waals surface area contributed by atoms with Crippen molar-refractivity contribution in [2.24, 2.45) is 5.73 Å². The van der Waals surface area contributed by atoms with Gasteiger partial charge in [0.2, 0.25) is 5.91 Å². The molecule has 0 aromatic carbocycles. The van der Waals surface area contributed by atoms with Gasteiger partial charge in [-0.3, -0.25) is 4.79 Å². The zero-order valence-corrected chi connectivity index (χ0v) is 9.34. The molecule has 0 saturated heterocycles. The van der Waals surface area contributed by atoms with Crippen LogP contribution >= 0.6 is 0 Å². The third-order valence-corrected chi connectivity index (χ3v) is 2.26. The second-order valence-electron chi connectivity index (χ2n) is 3.71. The largest absolute Gasteiger partial charge is 0.342 e. The molecule has 0 fully saturated rings. The van der Waals surface area contributed by atoms with Crippen LogP contribution in [0.15, 0.2) is 6.20 Å². The van der Waals surface area contributed by atoms with Crippen molar-refractivity contribution in [2.45, 2.75) is 33.0 Å². The molecule has 0 aliphatic rings. The number of carbonyl (C=O) groups excluding carboxylic acids is 1. The first-order chi connectivity index (χ1) is 7.04. The number of aromatic nitrogens is 3. The Labute approximate surface area is 89.0 Å². The van der Waals surface area contributed by atoms with E-state index in [0.29, 0.717) is 12.2 Å². The van der Waals surface area contributed by atoms with E-state index in [0.717, 1.165) is 0 Å². The van der Waals surface area contributed by atoms with E-state index in [2.05, 4.69) is 10.3 Å². The predicted octanol–water partition coefficient (Wildman–Crippen LogP) is -0.396. The van der Waals surface area contributed by atoms with Gasteiger partial charge in [-0.15, -0.1) is 5.10 Å². The van der Waals surface area contributed by atoms with Crippen LogP contribution in [0.25, 0.3) is 0 Å². The lowest BCUT2D eigenvalue weighted by Crippen LogP contribution is -2.35. The molecule has 0 unspecified atom stereocenters. The molecule has 0 aliphatic heterocycles. The van der Waals surface area contributed by atoms with Gasteiger partial charge in [-0.25, -0.2) is 4.68 Å². The fourth-order valence-electron chi connectivity index (χ4n) is 1.05. The van der Waals surface area contributed by atoms with Crippen molar-refractivity contribution in [1.82, 2.24) is 19.9 Å². The molecule has 0 saturated carbocycles. The van der Waals surface area contributed by atoms with Gasteiger partial charge in [-0.1, -0.05) is 5.21 Å². The van der Waals surface area contributed by atoms with Gasteiger partial charge < -0.3 is 10.6 Å². The molecular weight excluding hydrogens is 194 g/mol. The molecule has 1 heterocycles. The molecule has 2 N–H and O–H groups in total. The highest BCUT2D eigenvalue weighted by Crippen LogP contribution is 1.97. The van der Waals surface area contributed by atoms with Gasteiger partial charge in [-0.2, -0.15) is 0 Å². The van der Waals surface area contributed by atoms with Gasteiger partial charge in [0.1, 0.15) is 6.54 Å². The summed E-state index contributed by atoms with van der Waals surface area (Å²) in [5.74, 6) is 0.0125. The first-order valence-electron chi connectivity index (χ1n) is 4.89. The number of likely N-dealkylation sites (N-methyl/N-ethyl adjacent to an activating group) is 1. The number of nitrogens with two attached hydrogens (primary N) is 1. The Kier molecular flexibility index (Phi) is 3.79. The molecule has 15 heavy (non-hydrogen) atoms. The van der Waals surface area contributed by atoms with E-state index in [1.807, 2.05) is 13.8 Å². The minimum absolute atomic E-state index is 0.0125. The first-order valence-corrected chi connectivity index (χ1v) is 4.89. The maximum absolute atomic E-state index is 11.7. The SMILES string of the molecule is CC(C)N(C)C(=O)Cn1cc(CN)nn1. The Morgan fingerprint density at radius 3 is 2.80 bits per heavy atom. The fourth-order valence-corrected chi connectivity index (χ4v) is 1.05. The summed E-state index contributed by atoms with van der Waals surface area (Å²) in [7, 11) is 1.77. The summed E-state index contributed by atoms with van der Waals surface area (Å²) in [6, 6.07) is 0.190. The van der Waals surface area contributed by atoms with Crippen molar-refractivity contribution < 1.29 is 4.79 Å². The minimum atomic E-state index is 0.0125. The highest BCUT2D eigenvalue weighted by atomic mass is 16.2. The monoisotopic (exact) mass is 211 g/mol. The van der Waals surface area contributed by atoms with E-state index in [-0.39, 0.29) is 18.5 Å². The molecule has 6 heteroatoms. The number of amides is 1. The number of nitrogens with zero attached hydrogens (tertiary/aromatic N) is 4. The van der Waals surface area contributed by atoms with E-state index < -0.39 is 0 Å². The lowest BCUT2D eigenvalue weighted by Gasteiger charge is -2.20. The van der Waals surface area contributed by atoms with Crippen LogP contribution in [0.1, 0.15) is 19.5 Å².